The molecule has 0 aliphatic heterocycles. The van der Waals surface area contributed by atoms with Gasteiger partial charge in [0.2, 0.25) is 0 Å². The molecule has 6 heterocycles. The number of fused-ring (bicyclic) bond motifs is 12. The standard InChI is InChI=1S/C72H42N8/c73-43-57-69(77-61-25-9-1-17-49(61)50-18-2-10-26-62(50)77)39-47(40-70(57)78-63-27-11-3-19-51(63)52-20-4-12-28-64(52)78)59-37-45(33-35-75-59)46-34-36-76-60(38-46)48-41-71(79-65-29-13-5-21-53(65)54-22-6-14-30-66(54)79)58(44-74)72(42-48)80-67-31-15-7-23-55(67)56-24-8-16-32-68(56)80/h1-42H. The maximum atomic E-state index is 11.5. The lowest BCUT2D eigenvalue weighted by Crippen LogP contribution is -2.05. The van der Waals surface area contributed by atoms with E-state index in [2.05, 4.69) is 261 Å². The first-order valence-corrected chi connectivity index (χ1v) is 26.7. The number of hydrogen-bond acceptors (Lipinski definition) is 4. The predicted octanol–water partition coefficient (Wildman–Crippen LogP) is 17.6. The average molecular weight is 1020 g/mol. The lowest BCUT2D eigenvalue weighted by Gasteiger charge is -2.18. The first-order valence-electron chi connectivity index (χ1n) is 26.7. The summed E-state index contributed by atoms with van der Waals surface area (Å²) in [7, 11) is 0. The van der Waals surface area contributed by atoms with E-state index in [9.17, 15) is 10.5 Å². The van der Waals surface area contributed by atoms with Crippen LogP contribution in [0.25, 0.3) is 144 Å². The summed E-state index contributed by atoms with van der Waals surface area (Å²) >= 11 is 0. The normalized spacial score (nSPS) is 11.7. The summed E-state index contributed by atoms with van der Waals surface area (Å²) in [4.78, 5) is 10.2. The first kappa shape index (κ1) is 44.9. The molecule has 6 aromatic heterocycles. The van der Waals surface area contributed by atoms with Crippen molar-refractivity contribution in [3.8, 4) is 68.5 Å². The van der Waals surface area contributed by atoms with Crippen LogP contribution in [0.15, 0.2) is 255 Å². The topological polar surface area (TPSA) is 93.1 Å². The second kappa shape index (κ2) is 17.6. The molecule has 0 amide bonds. The smallest absolute Gasteiger partial charge is 0.104 e. The molecule has 10 aromatic carbocycles. The van der Waals surface area contributed by atoms with E-state index in [0.29, 0.717) is 11.1 Å². The zero-order valence-corrected chi connectivity index (χ0v) is 42.8. The summed E-state index contributed by atoms with van der Waals surface area (Å²) in [6.45, 7) is 0. The third-order valence-corrected chi connectivity index (χ3v) is 16.1. The highest BCUT2D eigenvalue weighted by Crippen LogP contribution is 2.43. The average Bonchev–Trinajstić information content (AvgIpc) is 4.45. The van der Waals surface area contributed by atoms with Gasteiger partial charge in [-0.25, -0.2) is 0 Å². The number of nitriles is 2. The van der Waals surface area contributed by atoms with E-state index in [0.717, 1.165) is 144 Å². The molecule has 0 aliphatic rings. The minimum atomic E-state index is 0.546. The lowest BCUT2D eigenvalue weighted by molar-refractivity contribution is 1.11. The maximum Gasteiger partial charge on any atom is 0.104 e. The van der Waals surface area contributed by atoms with Crippen molar-refractivity contribution in [1.82, 2.24) is 28.2 Å². The van der Waals surface area contributed by atoms with Crippen LogP contribution in [0.1, 0.15) is 11.1 Å². The van der Waals surface area contributed by atoms with Crippen molar-refractivity contribution in [3.63, 3.8) is 0 Å². The van der Waals surface area contributed by atoms with Crippen molar-refractivity contribution in [2.24, 2.45) is 0 Å². The Hall–Kier alpha value is -11.3. The number of aromatic nitrogens is 6. The van der Waals surface area contributed by atoms with Crippen LogP contribution in [0.3, 0.4) is 0 Å². The molecule has 8 heteroatoms. The summed E-state index contributed by atoms with van der Waals surface area (Å²) in [5.41, 5.74) is 17.3. The number of para-hydroxylation sites is 8. The summed E-state index contributed by atoms with van der Waals surface area (Å²) in [6, 6.07) is 89.6. The van der Waals surface area contributed by atoms with Gasteiger partial charge >= 0.3 is 0 Å². The molecule has 16 rings (SSSR count). The minimum absolute atomic E-state index is 0.546. The molecule has 0 spiro atoms. The molecular formula is C72H42N8. The van der Waals surface area contributed by atoms with Crippen molar-refractivity contribution in [2.45, 2.75) is 0 Å². The summed E-state index contributed by atoms with van der Waals surface area (Å²) < 4.78 is 8.95. The Bertz CT molecular complexity index is 4540. The molecule has 0 radical (unpaired) electrons. The SMILES string of the molecule is N#Cc1c(-n2c3ccccc3c3ccccc32)cc(-c2cc(-c3ccnc(-c4cc(-n5c6ccccc6c6ccccc65)c(C#N)c(-n5c6ccccc6c6ccccc65)c4)c3)ccn2)cc1-n1c2ccccc2c2ccccc21. The number of nitrogens with zero attached hydrogens (tertiary/aromatic N) is 8. The van der Waals surface area contributed by atoms with E-state index in [-0.39, 0.29) is 0 Å². The molecule has 80 heavy (non-hydrogen) atoms. The zero-order chi connectivity index (χ0) is 53.0. The number of pyridine rings is 2. The Morgan fingerprint density at radius 3 is 0.675 bits per heavy atom. The quantitative estimate of drug-likeness (QED) is 0.159. The van der Waals surface area contributed by atoms with Crippen molar-refractivity contribution in [1.29, 1.82) is 10.5 Å². The van der Waals surface area contributed by atoms with Gasteiger partial charge in [-0.15, -0.1) is 0 Å². The van der Waals surface area contributed by atoms with Crippen molar-refractivity contribution >= 4 is 87.2 Å². The molecule has 0 unspecified atom stereocenters. The van der Waals surface area contributed by atoms with Gasteiger partial charge in [0.25, 0.3) is 0 Å². The van der Waals surface area contributed by atoms with Crippen molar-refractivity contribution < 1.29 is 0 Å². The first-order chi connectivity index (χ1) is 39.6. The van der Waals surface area contributed by atoms with E-state index < -0.39 is 0 Å². The van der Waals surface area contributed by atoms with Crippen molar-refractivity contribution in [2.75, 3.05) is 0 Å². The Morgan fingerprint density at radius 2 is 0.463 bits per heavy atom. The van der Waals surface area contributed by atoms with Gasteiger partial charge in [-0.1, -0.05) is 146 Å². The Balaban J connectivity index is 0.916. The van der Waals surface area contributed by atoms with Gasteiger partial charge < -0.3 is 18.3 Å². The van der Waals surface area contributed by atoms with Crippen LogP contribution in [0, 0.1) is 22.7 Å². The summed E-state index contributed by atoms with van der Waals surface area (Å²) in [6.07, 6.45) is 3.73. The van der Waals surface area contributed by atoms with E-state index in [1.807, 2.05) is 24.5 Å². The highest BCUT2D eigenvalue weighted by molar-refractivity contribution is 6.13. The van der Waals surface area contributed by atoms with Crippen LogP contribution in [-0.2, 0) is 0 Å². The largest absolute Gasteiger partial charge is 0.308 e. The fourth-order valence-electron chi connectivity index (χ4n) is 12.7. The number of hydrogen-bond donors (Lipinski definition) is 0. The molecule has 370 valence electrons. The molecule has 0 saturated heterocycles. The number of benzene rings is 10. The second-order valence-electron chi connectivity index (χ2n) is 20.3. The third kappa shape index (κ3) is 6.61. The van der Waals surface area contributed by atoms with E-state index in [1.54, 1.807) is 0 Å². The van der Waals surface area contributed by atoms with Crippen LogP contribution in [0.4, 0.5) is 0 Å². The molecule has 16 aromatic rings. The zero-order valence-electron chi connectivity index (χ0n) is 42.8. The predicted molar refractivity (Wildman–Crippen MR) is 325 cm³/mol. The van der Waals surface area contributed by atoms with Gasteiger partial charge in [0.1, 0.15) is 23.3 Å². The van der Waals surface area contributed by atoms with Crippen LogP contribution in [0.5, 0.6) is 0 Å². The molecule has 0 aliphatic carbocycles. The van der Waals surface area contributed by atoms with E-state index in [1.165, 1.54) is 0 Å². The van der Waals surface area contributed by atoms with E-state index >= 15 is 0 Å². The Kier molecular flexibility index (Phi) is 9.90. The van der Waals surface area contributed by atoms with Crippen LogP contribution in [0.2, 0.25) is 0 Å². The third-order valence-electron chi connectivity index (χ3n) is 16.1. The van der Waals surface area contributed by atoms with Crippen LogP contribution < -0.4 is 0 Å². The van der Waals surface area contributed by atoms with Gasteiger partial charge in [0.05, 0.1) is 78.3 Å². The van der Waals surface area contributed by atoms with Gasteiger partial charge in [0, 0.05) is 66.6 Å². The monoisotopic (exact) mass is 1020 g/mol. The minimum Gasteiger partial charge on any atom is -0.308 e. The molecule has 0 bridgehead atoms. The molecule has 0 fully saturated rings. The molecule has 0 saturated carbocycles. The molecular weight excluding hydrogens is 977 g/mol. The second-order valence-corrected chi connectivity index (χ2v) is 20.3. The van der Waals surface area contributed by atoms with Gasteiger partial charge in [-0.3, -0.25) is 9.97 Å². The molecule has 0 N–H and O–H groups in total. The number of rotatable bonds is 7. The fraction of sp³-hybridized carbons (Fsp3) is 0. The molecule has 8 nitrogen and oxygen atoms in total. The van der Waals surface area contributed by atoms with Gasteiger partial charge in [-0.05, 0) is 108 Å². The highest BCUT2D eigenvalue weighted by atomic mass is 15.0. The maximum absolute atomic E-state index is 11.5. The lowest BCUT2D eigenvalue weighted by atomic mass is 9.98. The van der Waals surface area contributed by atoms with Crippen molar-refractivity contribution in [3.05, 3.63) is 266 Å². The highest BCUT2D eigenvalue weighted by Gasteiger charge is 2.25. The summed E-state index contributed by atoms with van der Waals surface area (Å²) in [5.74, 6) is 0. The van der Waals surface area contributed by atoms with Gasteiger partial charge in [0.15, 0.2) is 0 Å². The summed E-state index contributed by atoms with van der Waals surface area (Å²) in [5, 5.41) is 31.9. The Morgan fingerprint density at radius 1 is 0.250 bits per heavy atom. The van der Waals surface area contributed by atoms with E-state index in [4.69, 9.17) is 9.97 Å². The fourth-order valence-corrected chi connectivity index (χ4v) is 12.7. The van der Waals surface area contributed by atoms with Crippen LogP contribution >= 0.6 is 0 Å². The molecule has 0 atom stereocenters. The Labute approximate surface area is 458 Å². The van der Waals surface area contributed by atoms with Crippen LogP contribution in [-0.4, -0.2) is 28.2 Å². The van der Waals surface area contributed by atoms with Gasteiger partial charge in [-0.2, -0.15) is 10.5 Å².